The topological polar surface area (TPSA) is 66.9 Å². The summed E-state index contributed by atoms with van der Waals surface area (Å²) in [5, 5.41) is 6.55. The lowest BCUT2D eigenvalue weighted by molar-refractivity contribution is 0.102. The summed E-state index contributed by atoms with van der Waals surface area (Å²) in [6.07, 6.45) is 1.51. The first kappa shape index (κ1) is 16.0. The van der Waals surface area contributed by atoms with Crippen molar-refractivity contribution in [3.8, 4) is 0 Å². The number of rotatable bonds is 4. The van der Waals surface area contributed by atoms with Gasteiger partial charge in [0.15, 0.2) is 0 Å². The second kappa shape index (κ2) is 7.10. The number of benzene rings is 2. The first-order chi connectivity index (χ1) is 11.6. The van der Waals surface area contributed by atoms with Crippen LogP contribution >= 0.6 is 11.6 Å². The van der Waals surface area contributed by atoms with E-state index in [4.69, 9.17) is 11.6 Å². The van der Waals surface area contributed by atoms with Gasteiger partial charge in [-0.3, -0.25) is 4.79 Å². The maximum absolute atomic E-state index is 12.2. The summed E-state index contributed by atoms with van der Waals surface area (Å²) in [4.78, 5) is 20.4. The first-order valence-electron chi connectivity index (χ1n) is 7.33. The number of amides is 1. The Morgan fingerprint density at radius 1 is 1.00 bits per heavy atom. The molecule has 0 radical (unpaired) electrons. The molecule has 0 fully saturated rings. The number of hydrogen-bond acceptors (Lipinski definition) is 4. The molecule has 3 aromatic rings. The Labute approximate surface area is 144 Å². The van der Waals surface area contributed by atoms with E-state index in [2.05, 4.69) is 20.6 Å². The lowest BCUT2D eigenvalue weighted by atomic mass is 10.2. The highest BCUT2D eigenvalue weighted by Gasteiger charge is 2.06. The molecule has 0 saturated heterocycles. The number of hydrogen-bond donors (Lipinski definition) is 2. The van der Waals surface area contributed by atoms with E-state index in [-0.39, 0.29) is 5.91 Å². The van der Waals surface area contributed by atoms with Crippen molar-refractivity contribution in [3.63, 3.8) is 0 Å². The summed E-state index contributed by atoms with van der Waals surface area (Å²) in [5.74, 6) is 0.517. The van der Waals surface area contributed by atoms with Crippen LogP contribution < -0.4 is 10.6 Å². The van der Waals surface area contributed by atoms with Crippen molar-refractivity contribution < 1.29 is 4.79 Å². The van der Waals surface area contributed by atoms with E-state index in [1.165, 1.54) is 6.33 Å². The van der Waals surface area contributed by atoms with Crippen LogP contribution in [0.15, 0.2) is 60.9 Å². The number of aromatic nitrogens is 2. The van der Waals surface area contributed by atoms with Crippen molar-refractivity contribution in [2.45, 2.75) is 6.92 Å². The number of aryl methyl sites for hydroxylation is 1. The van der Waals surface area contributed by atoms with Crippen molar-refractivity contribution in [1.29, 1.82) is 0 Å². The SMILES string of the molecule is Cc1cc(Nc2ccc(NC(=O)c3cccc(Cl)c3)cc2)ncn1. The molecule has 1 amide bonds. The average molecular weight is 339 g/mol. The highest BCUT2D eigenvalue weighted by Crippen LogP contribution is 2.19. The molecule has 1 heterocycles. The Morgan fingerprint density at radius 2 is 1.75 bits per heavy atom. The van der Waals surface area contributed by atoms with Gasteiger partial charge in [-0.15, -0.1) is 0 Å². The van der Waals surface area contributed by atoms with E-state index < -0.39 is 0 Å². The zero-order valence-electron chi connectivity index (χ0n) is 13.0. The molecule has 6 heteroatoms. The van der Waals surface area contributed by atoms with E-state index in [0.717, 1.165) is 17.2 Å². The highest BCUT2D eigenvalue weighted by molar-refractivity contribution is 6.31. The number of nitrogens with zero attached hydrogens (tertiary/aromatic N) is 2. The minimum absolute atomic E-state index is 0.204. The summed E-state index contributed by atoms with van der Waals surface area (Å²) >= 11 is 5.90. The van der Waals surface area contributed by atoms with E-state index in [1.54, 1.807) is 24.3 Å². The Bertz CT molecular complexity index is 865. The van der Waals surface area contributed by atoms with E-state index >= 15 is 0 Å². The van der Waals surface area contributed by atoms with Gasteiger partial charge in [-0.05, 0) is 49.4 Å². The average Bonchev–Trinajstić information content (AvgIpc) is 2.57. The Balaban J connectivity index is 1.67. The monoisotopic (exact) mass is 338 g/mol. The van der Waals surface area contributed by atoms with Crippen molar-refractivity contribution >= 4 is 34.7 Å². The van der Waals surface area contributed by atoms with Crippen LogP contribution in [0.1, 0.15) is 16.1 Å². The quantitative estimate of drug-likeness (QED) is 0.738. The summed E-state index contributed by atoms with van der Waals surface area (Å²) < 4.78 is 0. The van der Waals surface area contributed by atoms with Gasteiger partial charge in [0.05, 0.1) is 0 Å². The summed E-state index contributed by atoms with van der Waals surface area (Å²) in [5.41, 5.74) is 2.97. The first-order valence-corrected chi connectivity index (χ1v) is 7.70. The number of anilines is 3. The number of halogens is 1. The molecule has 0 atom stereocenters. The lowest BCUT2D eigenvalue weighted by Crippen LogP contribution is -2.11. The van der Waals surface area contributed by atoms with Crippen LogP contribution in [0, 0.1) is 6.92 Å². The van der Waals surface area contributed by atoms with Crippen LogP contribution in [0.3, 0.4) is 0 Å². The van der Waals surface area contributed by atoms with Crippen molar-refractivity contribution in [2.75, 3.05) is 10.6 Å². The highest BCUT2D eigenvalue weighted by atomic mass is 35.5. The molecule has 0 aliphatic rings. The summed E-state index contributed by atoms with van der Waals surface area (Å²) in [6, 6.07) is 16.0. The zero-order valence-corrected chi connectivity index (χ0v) is 13.7. The van der Waals surface area contributed by atoms with Gasteiger partial charge in [-0.25, -0.2) is 9.97 Å². The largest absolute Gasteiger partial charge is 0.340 e. The van der Waals surface area contributed by atoms with E-state index in [0.29, 0.717) is 16.3 Å². The second-order valence-corrected chi connectivity index (χ2v) is 5.65. The van der Waals surface area contributed by atoms with Crippen LogP contribution in [0.4, 0.5) is 17.2 Å². The molecule has 0 spiro atoms. The molecule has 3 rings (SSSR count). The molecular formula is C18H15ClN4O. The van der Waals surface area contributed by atoms with Gasteiger partial charge in [0, 0.05) is 33.7 Å². The van der Waals surface area contributed by atoms with Gasteiger partial charge >= 0.3 is 0 Å². The predicted molar refractivity (Wildman–Crippen MR) is 95.9 cm³/mol. The molecule has 2 N–H and O–H groups in total. The van der Waals surface area contributed by atoms with Crippen LogP contribution in [0.25, 0.3) is 0 Å². The molecule has 120 valence electrons. The van der Waals surface area contributed by atoms with Crippen LogP contribution in [-0.2, 0) is 0 Å². The molecule has 5 nitrogen and oxygen atoms in total. The smallest absolute Gasteiger partial charge is 0.255 e. The fourth-order valence-electron chi connectivity index (χ4n) is 2.14. The third-order valence-electron chi connectivity index (χ3n) is 3.31. The molecule has 2 aromatic carbocycles. The Hall–Kier alpha value is -2.92. The molecule has 0 aliphatic carbocycles. The van der Waals surface area contributed by atoms with Crippen LogP contribution in [0.5, 0.6) is 0 Å². The van der Waals surface area contributed by atoms with E-state index in [9.17, 15) is 4.79 Å². The fourth-order valence-corrected chi connectivity index (χ4v) is 2.33. The molecule has 0 unspecified atom stereocenters. The summed E-state index contributed by atoms with van der Waals surface area (Å²) in [7, 11) is 0. The van der Waals surface area contributed by atoms with Crippen molar-refractivity contribution in [2.24, 2.45) is 0 Å². The van der Waals surface area contributed by atoms with Crippen LogP contribution in [0.2, 0.25) is 5.02 Å². The number of carbonyl (C=O) groups is 1. The third-order valence-corrected chi connectivity index (χ3v) is 3.54. The molecule has 0 bridgehead atoms. The van der Waals surface area contributed by atoms with Gasteiger partial charge in [0.25, 0.3) is 5.91 Å². The minimum atomic E-state index is -0.204. The fraction of sp³-hybridized carbons (Fsp3) is 0.0556. The molecule has 1 aromatic heterocycles. The number of carbonyl (C=O) groups excluding carboxylic acids is 1. The maximum Gasteiger partial charge on any atom is 0.255 e. The number of nitrogens with one attached hydrogen (secondary N) is 2. The Kier molecular flexibility index (Phi) is 4.72. The minimum Gasteiger partial charge on any atom is -0.340 e. The predicted octanol–water partition coefficient (Wildman–Crippen LogP) is 4.43. The van der Waals surface area contributed by atoms with Gasteiger partial charge in [-0.1, -0.05) is 17.7 Å². The van der Waals surface area contributed by atoms with Gasteiger partial charge in [0.1, 0.15) is 12.1 Å². The van der Waals surface area contributed by atoms with Crippen molar-refractivity contribution in [3.05, 3.63) is 77.2 Å². The second-order valence-electron chi connectivity index (χ2n) is 5.21. The normalized spacial score (nSPS) is 10.2. The summed E-state index contributed by atoms with van der Waals surface area (Å²) in [6.45, 7) is 1.90. The zero-order chi connectivity index (χ0) is 16.9. The Morgan fingerprint density at radius 3 is 2.46 bits per heavy atom. The molecule has 0 aliphatic heterocycles. The standard InChI is InChI=1S/C18H15ClN4O/c1-12-9-17(21-11-20-12)22-15-5-7-16(8-6-15)23-18(24)13-3-2-4-14(19)10-13/h2-11H,1H3,(H,23,24)(H,20,21,22). The van der Waals surface area contributed by atoms with Crippen molar-refractivity contribution in [1.82, 2.24) is 9.97 Å². The maximum atomic E-state index is 12.2. The van der Waals surface area contributed by atoms with E-state index in [1.807, 2.05) is 37.3 Å². The molecule has 24 heavy (non-hydrogen) atoms. The lowest BCUT2D eigenvalue weighted by Gasteiger charge is -2.08. The molecule has 0 saturated carbocycles. The van der Waals surface area contributed by atoms with Gasteiger partial charge < -0.3 is 10.6 Å². The molecular weight excluding hydrogens is 324 g/mol. The van der Waals surface area contributed by atoms with Gasteiger partial charge in [0.2, 0.25) is 0 Å². The van der Waals surface area contributed by atoms with Crippen LogP contribution in [-0.4, -0.2) is 15.9 Å². The third kappa shape index (κ3) is 4.08. The van der Waals surface area contributed by atoms with Gasteiger partial charge in [-0.2, -0.15) is 0 Å².